The fourth-order valence-corrected chi connectivity index (χ4v) is 7.01. The lowest BCUT2D eigenvalue weighted by Crippen LogP contribution is -2.56. The highest BCUT2D eigenvalue weighted by Gasteiger charge is 2.60. The molecule has 0 radical (unpaired) electrons. The summed E-state index contributed by atoms with van der Waals surface area (Å²) in [4.78, 5) is 24.9. The van der Waals surface area contributed by atoms with E-state index in [0.29, 0.717) is 29.5 Å². The number of ether oxygens (including phenoxy) is 1. The first-order chi connectivity index (χ1) is 12.9. The van der Waals surface area contributed by atoms with Crippen molar-refractivity contribution in [3.8, 4) is 0 Å². The van der Waals surface area contributed by atoms with Crippen molar-refractivity contribution >= 4 is 51.9 Å². The molecule has 4 aliphatic carbocycles. The van der Waals surface area contributed by atoms with Crippen molar-refractivity contribution in [2.24, 2.45) is 17.3 Å². The van der Waals surface area contributed by atoms with Gasteiger partial charge in [0.05, 0.1) is 22.8 Å². The second-order valence-corrected chi connectivity index (χ2v) is 9.78. The zero-order valence-corrected chi connectivity index (χ0v) is 16.3. The number of hydrogen-bond acceptors (Lipinski definition) is 6. The van der Waals surface area contributed by atoms with Gasteiger partial charge in [0.15, 0.2) is 6.61 Å². The number of nitrogens with one attached hydrogen (secondary N) is 1. The fraction of sp³-hybridized carbons (Fsp3) is 0.579. The van der Waals surface area contributed by atoms with E-state index in [1.165, 1.54) is 6.42 Å². The summed E-state index contributed by atoms with van der Waals surface area (Å²) in [6, 6.07) is 5.41. The summed E-state index contributed by atoms with van der Waals surface area (Å²) in [6.07, 6.45) is 5.57. The van der Waals surface area contributed by atoms with Crippen LogP contribution in [0.25, 0.3) is 11.0 Å². The number of benzene rings is 1. The van der Waals surface area contributed by atoms with Crippen LogP contribution in [0.1, 0.15) is 38.5 Å². The third-order valence-corrected chi connectivity index (χ3v) is 7.30. The van der Waals surface area contributed by atoms with E-state index in [1.807, 2.05) is 6.07 Å². The Hall–Kier alpha value is -1.73. The van der Waals surface area contributed by atoms with Gasteiger partial charge in [-0.15, -0.1) is 11.6 Å². The molecule has 0 spiro atoms. The maximum absolute atomic E-state index is 12.9. The van der Waals surface area contributed by atoms with Gasteiger partial charge in [-0.05, 0) is 62.5 Å². The van der Waals surface area contributed by atoms with Crippen molar-refractivity contribution in [3.63, 3.8) is 0 Å². The third-order valence-electron chi connectivity index (χ3n) is 6.32. The summed E-state index contributed by atoms with van der Waals surface area (Å²) in [5.41, 5.74) is 1.46. The van der Waals surface area contributed by atoms with Crippen molar-refractivity contribution in [1.29, 1.82) is 0 Å². The molecule has 27 heavy (non-hydrogen) atoms. The van der Waals surface area contributed by atoms with E-state index >= 15 is 0 Å². The zero-order chi connectivity index (χ0) is 18.6. The van der Waals surface area contributed by atoms with Crippen LogP contribution in [-0.2, 0) is 14.3 Å². The Morgan fingerprint density at radius 3 is 2.74 bits per heavy atom. The van der Waals surface area contributed by atoms with Crippen molar-refractivity contribution in [2.45, 2.75) is 43.4 Å². The minimum Gasteiger partial charge on any atom is -0.455 e. The number of anilines is 1. The minimum atomic E-state index is -0.495. The predicted molar refractivity (Wildman–Crippen MR) is 103 cm³/mol. The lowest BCUT2D eigenvalue weighted by atomic mass is 9.49. The van der Waals surface area contributed by atoms with Crippen molar-refractivity contribution < 1.29 is 14.3 Å². The van der Waals surface area contributed by atoms with E-state index in [0.717, 1.165) is 42.9 Å². The molecule has 0 aliphatic heterocycles. The van der Waals surface area contributed by atoms with Crippen LogP contribution in [0, 0.1) is 17.3 Å². The fourth-order valence-electron chi connectivity index (χ4n) is 5.77. The van der Waals surface area contributed by atoms with Crippen LogP contribution < -0.4 is 5.32 Å². The molecule has 8 heteroatoms. The molecule has 6 nitrogen and oxygen atoms in total. The predicted octanol–water partition coefficient (Wildman–Crippen LogP) is 3.75. The quantitative estimate of drug-likeness (QED) is 0.618. The molecule has 4 bridgehead atoms. The Morgan fingerprint density at radius 2 is 2.00 bits per heavy atom. The van der Waals surface area contributed by atoms with Crippen molar-refractivity contribution in [1.82, 2.24) is 8.75 Å². The van der Waals surface area contributed by atoms with Crippen LogP contribution in [0.2, 0.25) is 0 Å². The molecule has 1 N–H and O–H groups in total. The molecule has 4 fully saturated rings. The van der Waals surface area contributed by atoms with E-state index in [1.54, 1.807) is 12.1 Å². The van der Waals surface area contributed by atoms with E-state index in [9.17, 15) is 9.59 Å². The summed E-state index contributed by atoms with van der Waals surface area (Å²) < 4.78 is 13.8. The lowest BCUT2D eigenvalue weighted by Gasteiger charge is -2.58. The van der Waals surface area contributed by atoms with Gasteiger partial charge in [0.1, 0.15) is 11.0 Å². The molecule has 4 aliphatic rings. The topological polar surface area (TPSA) is 81.2 Å². The second-order valence-electron chi connectivity index (χ2n) is 8.45. The Bertz CT molecular complexity index is 916. The molecule has 4 saturated carbocycles. The first-order valence-corrected chi connectivity index (χ1v) is 10.4. The van der Waals surface area contributed by atoms with Gasteiger partial charge in [0, 0.05) is 4.87 Å². The summed E-state index contributed by atoms with van der Waals surface area (Å²) in [7, 11) is 0. The van der Waals surface area contributed by atoms with Crippen LogP contribution in [-0.4, -0.2) is 32.1 Å². The van der Waals surface area contributed by atoms with Gasteiger partial charge in [0.25, 0.3) is 5.91 Å². The highest BCUT2D eigenvalue weighted by molar-refractivity contribution is 7.00. The Kier molecular flexibility index (Phi) is 3.95. The summed E-state index contributed by atoms with van der Waals surface area (Å²) >= 11 is 7.88. The van der Waals surface area contributed by atoms with Gasteiger partial charge in [-0.2, -0.15) is 8.75 Å². The molecular weight excluding hydrogens is 386 g/mol. The van der Waals surface area contributed by atoms with Crippen LogP contribution in [0.15, 0.2) is 18.2 Å². The van der Waals surface area contributed by atoms with E-state index in [-0.39, 0.29) is 23.4 Å². The van der Waals surface area contributed by atoms with Crippen LogP contribution >= 0.6 is 23.3 Å². The maximum Gasteiger partial charge on any atom is 0.312 e. The summed E-state index contributed by atoms with van der Waals surface area (Å²) in [6.45, 7) is -0.293. The Labute approximate surface area is 165 Å². The first kappa shape index (κ1) is 17.4. The number of aromatic nitrogens is 2. The van der Waals surface area contributed by atoms with Crippen LogP contribution in [0.3, 0.4) is 0 Å². The molecule has 1 heterocycles. The molecule has 6 rings (SSSR count). The number of rotatable bonds is 4. The van der Waals surface area contributed by atoms with E-state index < -0.39 is 5.41 Å². The first-order valence-electron chi connectivity index (χ1n) is 9.32. The van der Waals surface area contributed by atoms with Crippen molar-refractivity contribution in [2.75, 3.05) is 11.9 Å². The lowest BCUT2D eigenvalue weighted by molar-refractivity contribution is -0.171. The number of amides is 1. The molecule has 0 saturated heterocycles. The summed E-state index contributed by atoms with van der Waals surface area (Å²) in [5.74, 6) is 0.402. The molecule has 2 unspecified atom stereocenters. The van der Waals surface area contributed by atoms with Crippen LogP contribution in [0.4, 0.5) is 5.69 Å². The minimum absolute atomic E-state index is 0.251. The van der Waals surface area contributed by atoms with Gasteiger partial charge in [-0.1, -0.05) is 6.07 Å². The number of fused-ring (bicyclic) bond motifs is 1. The van der Waals surface area contributed by atoms with Gasteiger partial charge in [-0.3, -0.25) is 9.59 Å². The molecular formula is C19H20ClN3O3S. The average molecular weight is 406 g/mol. The monoisotopic (exact) mass is 405 g/mol. The van der Waals surface area contributed by atoms with Gasteiger partial charge in [-0.25, -0.2) is 0 Å². The largest absolute Gasteiger partial charge is 0.455 e. The number of nitrogens with zero attached hydrogens (tertiary/aromatic N) is 2. The maximum atomic E-state index is 12.9. The van der Waals surface area contributed by atoms with Crippen LogP contribution in [0.5, 0.6) is 0 Å². The van der Waals surface area contributed by atoms with E-state index in [2.05, 4.69) is 14.1 Å². The number of carbonyl (C=O) groups excluding carboxylic acids is 2. The van der Waals surface area contributed by atoms with E-state index in [4.69, 9.17) is 16.3 Å². The normalized spacial score (nSPS) is 34.0. The number of esters is 1. The number of carbonyl (C=O) groups is 2. The molecule has 142 valence electrons. The number of hydrogen-bond donors (Lipinski definition) is 1. The highest BCUT2D eigenvalue weighted by Crippen LogP contribution is 2.64. The third kappa shape index (κ3) is 3.01. The molecule has 1 aromatic heterocycles. The number of halogens is 1. The zero-order valence-electron chi connectivity index (χ0n) is 14.7. The highest BCUT2D eigenvalue weighted by atomic mass is 35.5. The number of alkyl halides is 1. The second kappa shape index (κ2) is 6.14. The molecule has 1 amide bonds. The standard InChI is InChI=1S/C19H20ClN3O3S/c20-19-7-11-4-12(8-19)6-18(5-11,10-19)17(25)26-9-15(24)21-13-2-1-3-14-16(13)23-27-22-14/h1-3,11-12H,4-10H2,(H,21,24)/t11-,12+,18?,19?. The smallest absolute Gasteiger partial charge is 0.312 e. The SMILES string of the molecule is O=C(COC(=O)C12C[C@@H]3C[C@@H](CC(Cl)(C3)C1)C2)Nc1cccc2nsnc12. The van der Waals surface area contributed by atoms with Gasteiger partial charge >= 0.3 is 5.97 Å². The Morgan fingerprint density at radius 1 is 1.22 bits per heavy atom. The Balaban J connectivity index is 1.24. The molecule has 1 aromatic carbocycles. The van der Waals surface area contributed by atoms with Gasteiger partial charge < -0.3 is 10.1 Å². The average Bonchev–Trinajstić information content (AvgIpc) is 3.07. The van der Waals surface area contributed by atoms with Crippen molar-refractivity contribution in [3.05, 3.63) is 18.2 Å². The molecule has 4 atom stereocenters. The van der Waals surface area contributed by atoms with Gasteiger partial charge in [0.2, 0.25) is 0 Å². The summed E-state index contributed by atoms with van der Waals surface area (Å²) in [5, 5.41) is 2.77. The molecule has 2 aromatic rings.